The molecule has 0 saturated heterocycles. The molecule has 122 valence electrons. The average molecular weight is 329 g/mol. The highest BCUT2D eigenvalue weighted by Crippen LogP contribution is 2.37. The highest BCUT2D eigenvalue weighted by atomic mass is 32.1. The number of benzene rings is 1. The van der Waals surface area contributed by atoms with Gasteiger partial charge in [-0.2, -0.15) is 0 Å². The van der Waals surface area contributed by atoms with Gasteiger partial charge in [0.15, 0.2) is 0 Å². The molecule has 3 rings (SSSR count). The summed E-state index contributed by atoms with van der Waals surface area (Å²) in [7, 11) is 0. The van der Waals surface area contributed by atoms with E-state index in [9.17, 15) is 4.79 Å². The monoisotopic (exact) mass is 329 g/mol. The van der Waals surface area contributed by atoms with Crippen LogP contribution in [0.1, 0.15) is 43.0 Å². The van der Waals surface area contributed by atoms with E-state index in [4.69, 9.17) is 4.74 Å². The fourth-order valence-electron chi connectivity index (χ4n) is 3.20. The van der Waals surface area contributed by atoms with Gasteiger partial charge in [0, 0.05) is 4.88 Å². The molecule has 1 fully saturated rings. The van der Waals surface area contributed by atoms with Gasteiger partial charge in [-0.05, 0) is 42.3 Å². The highest BCUT2D eigenvalue weighted by molar-refractivity contribution is 7.10. The first-order valence-corrected chi connectivity index (χ1v) is 9.21. The molecule has 0 spiro atoms. The van der Waals surface area contributed by atoms with Gasteiger partial charge >= 0.3 is 0 Å². The lowest BCUT2D eigenvalue weighted by molar-refractivity contribution is -0.122. The van der Waals surface area contributed by atoms with Crippen molar-refractivity contribution in [1.82, 2.24) is 5.32 Å². The third-order valence-corrected chi connectivity index (χ3v) is 5.33. The number of amides is 1. The maximum atomic E-state index is 12.3. The maximum Gasteiger partial charge on any atom is 0.223 e. The van der Waals surface area contributed by atoms with Gasteiger partial charge in [-0.25, -0.2) is 0 Å². The van der Waals surface area contributed by atoms with Gasteiger partial charge in [0.05, 0.1) is 19.1 Å². The summed E-state index contributed by atoms with van der Waals surface area (Å²) in [5.41, 5.74) is 0. The van der Waals surface area contributed by atoms with E-state index >= 15 is 0 Å². The summed E-state index contributed by atoms with van der Waals surface area (Å²) in [6, 6.07) is 14.0. The van der Waals surface area contributed by atoms with Crippen LogP contribution in [0, 0.1) is 5.92 Å². The van der Waals surface area contributed by atoms with Crippen molar-refractivity contribution in [2.24, 2.45) is 5.92 Å². The molecule has 1 aromatic heterocycles. The molecule has 0 aliphatic heterocycles. The first-order chi connectivity index (χ1) is 11.3. The van der Waals surface area contributed by atoms with Crippen LogP contribution in [0.25, 0.3) is 0 Å². The first kappa shape index (κ1) is 16.1. The molecule has 4 heteroatoms. The topological polar surface area (TPSA) is 38.3 Å². The number of carbonyl (C=O) groups is 1. The van der Waals surface area contributed by atoms with Crippen molar-refractivity contribution in [1.29, 1.82) is 0 Å². The lowest BCUT2D eigenvalue weighted by Crippen LogP contribution is -2.33. The summed E-state index contributed by atoms with van der Waals surface area (Å²) in [6.07, 6.45) is 5.37. The van der Waals surface area contributed by atoms with Gasteiger partial charge in [0.2, 0.25) is 5.91 Å². The normalized spacial score (nSPS) is 16.2. The van der Waals surface area contributed by atoms with Crippen LogP contribution in [0.4, 0.5) is 0 Å². The number of nitrogens with one attached hydrogen (secondary N) is 1. The lowest BCUT2D eigenvalue weighted by atomic mass is 9.96. The molecule has 1 aliphatic carbocycles. The molecular weight excluding hydrogens is 306 g/mol. The van der Waals surface area contributed by atoms with Crippen LogP contribution in [-0.4, -0.2) is 12.5 Å². The van der Waals surface area contributed by atoms with E-state index in [0.29, 0.717) is 18.9 Å². The Labute approximate surface area is 141 Å². The zero-order valence-electron chi connectivity index (χ0n) is 13.2. The predicted molar refractivity (Wildman–Crippen MR) is 93.7 cm³/mol. The van der Waals surface area contributed by atoms with Crippen LogP contribution in [-0.2, 0) is 4.79 Å². The third-order valence-electron chi connectivity index (χ3n) is 4.38. The largest absolute Gasteiger partial charge is 0.493 e. The van der Waals surface area contributed by atoms with Crippen molar-refractivity contribution in [3.8, 4) is 5.75 Å². The number of hydrogen-bond donors (Lipinski definition) is 1. The Bertz CT molecular complexity index is 591. The Balaban J connectivity index is 1.51. The van der Waals surface area contributed by atoms with Gasteiger partial charge in [0.1, 0.15) is 5.75 Å². The molecule has 1 aliphatic rings. The molecule has 0 radical (unpaired) electrons. The summed E-state index contributed by atoms with van der Waals surface area (Å²) in [6.45, 7) is 0.414. The van der Waals surface area contributed by atoms with Crippen LogP contribution in [0.5, 0.6) is 5.75 Å². The van der Waals surface area contributed by atoms with E-state index in [1.807, 2.05) is 30.3 Å². The molecule has 1 atom stereocenters. The Morgan fingerprint density at radius 3 is 2.65 bits per heavy atom. The molecule has 0 unspecified atom stereocenters. The van der Waals surface area contributed by atoms with E-state index in [1.165, 1.54) is 30.6 Å². The molecule has 2 aromatic rings. The molecular formula is C19H23NO2S. The number of rotatable bonds is 7. The number of para-hydroxylation sites is 1. The number of hydrogen-bond acceptors (Lipinski definition) is 3. The van der Waals surface area contributed by atoms with Crippen molar-refractivity contribution < 1.29 is 9.53 Å². The highest BCUT2D eigenvalue weighted by Gasteiger charge is 2.28. The summed E-state index contributed by atoms with van der Waals surface area (Å²) >= 11 is 1.73. The van der Waals surface area contributed by atoms with Crippen LogP contribution >= 0.6 is 11.3 Å². The molecule has 1 amide bonds. The molecule has 1 N–H and O–H groups in total. The number of carbonyl (C=O) groups excluding carboxylic acids is 1. The minimum Gasteiger partial charge on any atom is -0.493 e. The van der Waals surface area contributed by atoms with Crippen molar-refractivity contribution in [2.75, 3.05) is 6.61 Å². The smallest absolute Gasteiger partial charge is 0.223 e. The second-order valence-corrected chi connectivity index (χ2v) is 7.00. The predicted octanol–water partition coefficient (Wildman–Crippen LogP) is 4.56. The van der Waals surface area contributed by atoms with Crippen LogP contribution in [0.15, 0.2) is 47.8 Å². The van der Waals surface area contributed by atoms with Crippen molar-refractivity contribution >= 4 is 17.2 Å². The summed E-state index contributed by atoms with van der Waals surface area (Å²) in [5.74, 6) is 1.46. The van der Waals surface area contributed by atoms with Crippen molar-refractivity contribution in [3.63, 3.8) is 0 Å². The summed E-state index contributed by atoms with van der Waals surface area (Å²) in [4.78, 5) is 13.6. The Morgan fingerprint density at radius 2 is 1.96 bits per heavy atom. The molecule has 3 nitrogen and oxygen atoms in total. The van der Waals surface area contributed by atoms with E-state index in [1.54, 1.807) is 11.3 Å². The van der Waals surface area contributed by atoms with Gasteiger partial charge in [0.25, 0.3) is 0 Å². The van der Waals surface area contributed by atoms with Gasteiger partial charge < -0.3 is 10.1 Å². The van der Waals surface area contributed by atoms with E-state index in [0.717, 1.165) is 5.75 Å². The zero-order valence-corrected chi connectivity index (χ0v) is 14.1. The molecule has 1 aromatic carbocycles. The van der Waals surface area contributed by atoms with Crippen molar-refractivity contribution in [3.05, 3.63) is 52.7 Å². The third kappa shape index (κ3) is 4.58. The second-order valence-electron chi connectivity index (χ2n) is 6.02. The molecule has 1 saturated carbocycles. The quantitative estimate of drug-likeness (QED) is 0.808. The fourth-order valence-corrected chi connectivity index (χ4v) is 4.07. The van der Waals surface area contributed by atoms with E-state index in [2.05, 4.69) is 22.8 Å². The van der Waals surface area contributed by atoms with Crippen LogP contribution < -0.4 is 10.1 Å². The Hall–Kier alpha value is -1.81. The summed E-state index contributed by atoms with van der Waals surface area (Å²) in [5, 5.41) is 5.32. The minimum absolute atomic E-state index is 0.0752. The minimum atomic E-state index is 0.0752. The van der Waals surface area contributed by atoms with Crippen LogP contribution in [0.3, 0.4) is 0 Å². The molecule has 0 bridgehead atoms. The first-order valence-electron chi connectivity index (χ1n) is 8.33. The Kier molecular flexibility index (Phi) is 5.70. The SMILES string of the molecule is O=C(CCOc1ccccc1)N[C@@H](c1cccs1)C1CCCC1. The van der Waals surface area contributed by atoms with Gasteiger partial charge in [-0.3, -0.25) is 4.79 Å². The summed E-state index contributed by atoms with van der Waals surface area (Å²) < 4.78 is 5.62. The average Bonchev–Trinajstić information content (AvgIpc) is 3.27. The van der Waals surface area contributed by atoms with Gasteiger partial charge in [-0.1, -0.05) is 37.1 Å². The van der Waals surface area contributed by atoms with E-state index in [-0.39, 0.29) is 11.9 Å². The standard InChI is InChI=1S/C19H23NO2S/c21-18(12-13-22-16-9-2-1-3-10-16)20-19(15-7-4-5-8-15)17-11-6-14-23-17/h1-3,6,9-11,14-15,19H,4-5,7-8,12-13H2,(H,20,21)/t19-/m1/s1. The lowest BCUT2D eigenvalue weighted by Gasteiger charge is -2.23. The van der Waals surface area contributed by atoms with Crippen LogP contribution in [0.2, 0.25) is 0 Å². The maximum absolute atomic E-state index is 12.3. The van der Waals surface area contributed by atoms with Gasteiger partial charge in [-0.15, -0.1) is 11.3 Å². The Morgan fingerprint density at radius 1 is 1.17 bits per heavy atom. The number of thiophene rings is 1. The second kappa shape index (κ2) is 8.16. The number of ether oxygens (including phenoxy) is 1. The molecule has 1 heterocycles. The zero-order chi connectivity index (χ0) is 15.9. The fraction of sp³-hybridized carbons (Fsp3) is 0.421. The van der Waals surface area contributed by atoms with Crippen molar-refractivity contribution in [2.45, 2.75) is 38.1 Å². The van der Waals surface area contributed by atoms with E-state index < -0.39 is 0 Å². The molecule has 23 heavy (non-hydrogen) atoms.